The summed E-state index contributed by atoms with van der Waals surface area (Å²) in [4.78, 5) is 11.7. The fourth-order valence-corrected chi connectivity index (χ4v) is 3.10. The third-order valence-corrected chi connectivity index (χ3v) is 5.13. The minimum absolute atomic E-state index is 0.271. The molecule has 0 aromatic rings. The first kappa shape index (κ1) is 13.5. The van der Waals surface area contributed by atoms with Crippen LogP contribution in [0.4, 0.5) is 0 Å². The minimum Gasteiger partial charge on any atom is -0.274 e. The summed E-state index contributed by atoms with van der Waals surface area (Å²) in [5, 5.41) is -0.299. The largest absolute Gasteiger partial charge is 0.274 e. The lowest BCUT2D eigenvalue weighted by Crippen LogP contribution is -2.35. The molecule has 0 unspecified atom stereocenters. The molecule has 1 saturated carbocycles. The highest BCUT2D eigenvalue weighted by atomic mass is 32.2. The number of sulfonamides is 1. The van der Waals surface area contributed by atoms with Gasteiger partial charge in [0.05, 0.1) is 5.25 Å². The Morgan fingerprint density at radius 2 is 1.94 bits per heavy atom. The average Bonchev–Trinajstić information content (AvgIpc) is 2.98. The van der Waals surface area contributed by atoms with Crippen molar-refractivity contribution in [2.45, 2.75) is 51.2 Å². The first-order chi connectivity index (χ1) is 7.35. The maximum absolute atomic E-state index is 11.7. The molecule has 0 saturated heterocycles. The van der Waals surface area contributed by atoms with Crippen LogP contribution in [-0.4, -0.2) is 30.9 Å². The SMILES string of the molecule is CC(C)CCCC(=O)N(C)S(=O)(=O)C1CC1. The summed E-state index contributed by atoms with van der Waals surface area (Å²) < 4.78 is 24.4. The molecule has 1 amide bonds. The summed E-state index contributed by atoms with van der Waals surface area (Å²) in [6.07, 6.45) is 3.46. The lowest BCUT2D eigenvalue weighted by Gasteiger charge is -2.17. The third-order valence-electron chi connectivity index (χ3n) is 2.85. The smallest absolute Gasteiger partial charge is 0.239 e. The maximum Gasteiger partial charge on any atom is 0.239 e. The lowest BCUT2D eigenvalue weighted by molar-refractivity contribution is -0.125. The van der Waals surface area contributed by atoms with Crippen LogP contribution in [0.5, 0.6) is 0 Å². The van der Waals surface area contributed by atoms with Crippen molar-refractivity contribution < 1.29 is 13.2 Å². The third kappa shape index (κ3) is 3.47. The van der Waals surface area contributed by atoms with Crippen molar-refractivity contribution in [3.8, 4) is 0 Å². The van der Waals surface area contributed by atoms with E-state index in [0.717, 1.165) is 17.1 Å². The van der Waals surface area contributed by atoms with E-state index >= 15 is 0 Å². The molecule has 0 radical (unpaired) electrons. The Hall–Kier alpha value is -0.580. The van der Waals surface area contributed by atoms with Crippen LogP contribution in [0.25, 0.3) is 0 Å². The van der Waals surface area contributed by atoms with Gasteiger partial charge in [-0.05, 0) is 25.2 Å². The van der Waals surface area contributed by atoms with Crippen molar-refractivity contribution >= 4 is 15.9 Å². The Kier molecular flexibility index (Phi) is 4.35. The van der Waals surface area contributed by atoms with Crippen LogP contribution in [0.3, 0.4) is 0 Å². The summed E-state index contributed by atoms with van der Waals surface area (Å²) in [7, 11) is -1.95. The molecule has 94 valence electrons. The van der Waals surface area contributed by atoms with Crippen LogP contribution in [0.1, 0.15) is 46.0 Å². The van der Waals surface area contributed by atoms with E-state index in [1.54, 1.807) is 0 Å². The Morgan fingerprint density at radius 3 is 2.38 bits per heavy atom. The Labute approximate surface area is 98.1 Å². The molecule has 0 N–H and O–H groups in total. The fraction of sp³-hybridized carbons (Fsp3) is 0.909. The number of hydrogen-bond donors (Lipinski definition) is 0. The van der Waals surface area contributed by atoms with Crippen LogP contribution in [0, 0.1) is 5.92 Å². The van der Waals surface area contributed by atoms with Gasteiger partial charge in [0.25, 0.3) is 0 Å². The molecular formula is C11H21NO3S. The first-order valence-electron chi connectivity index (χ1n) is 5.86. The van der Waals surface area contributed by atoms with E-state index in [-0.39, 0.29) is 11.2 Å². The standard InChI is InChI=1S/C11H21NO3S/c1-9(2)5-4-6-11(13)12(3)16(14,15)10-7-8-10/h9-10H,4-8H2,1-3H3. The summed E-state index contributed by atoms with van der Waals surface area (Å²) in [6, 6.07) is 0. The van der Waals surface area contributed by atoms with Gasteiger partial charge in [0.1, 0.15) is 0 Å². The van der Waals surface area contributed by atoms with E-state index in [0.29, 0.717) is 25.2 Å². The second-order valence-electron chi connectivity index (χ2n) is 4.89. The number of carbonyl (C=O) groups excluding carboxylic acids is 1. The highest BCUT2D eigenvalue weighted by molar-refractivity contribution is 7.90. The Balaban J connectivity index is 2.41. The second-order valence-corrected chi connectivity index (χ2v) is 7.14. The van der Waals surface area contributed by atoms with Gasteiger partial charge in [0.2, 0.25) is 15.9 Å². The highest BCUT2D eigenvalue weighted by Crippen LogP contribution is 2.30. The number of nitrogens with zero attached hydrogens (tertiary/aromatic N) is 1. The molecule has 4 nitrogen and oxygen atoms in total. The van der Waals surface area contributed by atoms with Crippen molar-refractivity contribution in [3.63, 3.8) is 0 Å². The van der Waals surface area contributed by atoms with Crippen LogP contribution < -0.4 is 0 Å². The van der Waals surface area contributed by atoms with Crippen molar-refractivity contribution in [3.05, 3.63) is 0 Å². The molecule has 5 heteroatoms. The monoisotopic (exact) mass is 247 g/mol. The van der Waals surface area contributed by atoms with E-state index in [1.165, 1.54) is 7.05 Å². The predicted molar refractivity (Wildman–Crippen MR) is 63.4 cm³/mol. The lowest BCUT2D eigenvalue weighted by atomic mass is 10.1. The van der Waals surface area contributed by atoms with E-state index in [4.69, 9.17) is 0 Å². The van der Waals surface area contributed by atoms with E-state index in [1.807, 2.05) is 0 Å². The van der Waals surface area contributed by atoms with Crippen LogP contribution in [-0.2, 0) is 14.8 Å². The molecule has 16 heavy (non-hydrogen) atoms. The Morgan fingerprint density at radius 1 is 1.38 bits per heavy atom. The van der Waals surface area contributed by atoms with Crippen molar-refractivity contribution in [1.82, 2.24) is 4.31 Å². The van der Waals surface area contributed by atoms with Gasteiger partial charge in [0.15, 0.2) is 0 Å². The van der Waals surface area contributed by atoms with Crippen molar-refractivity contribution in [1.29, 1.82) is 0 Å². The predicted octanol–water partition coefficient (Wildman–Crippen LogP) is 1.76. The van der Waals surface area contributed by atoms with E-state index in [2.05, 4.69) is 13.8 Å². The number of hydrogen-bond acceptors (Lipinski definition) is 3. The van der Waals surface area contributed by atoms with Gasteiger partial charge in [-0.25, -0.2) is 12.7 Å². The number of carbonyl (C=O) groups is 1. The summed E-state index contributed by atoms with van der Waals surface area (Å²) >= 11 is 0. The molecule has 1 aliphatic carbocycles. The van der Waals surface area contributed by atoms with Crippen LogP contribution in [0.2, 0.25) is 0 Å². The van der Waals surface area contributed by atoms with Crippen LogP contribution in [0.15, 0.2) is 0 Å². The highest BCUT2D eigenvalue weighted by Gasteiger charge is 2.40. The zero-order chi connectivity index (χ0) is 12.3. The van der Waals surface area contributed by atoms with E-state index < -0.39 is 10.0 Å². The van der Waals surface area contributed by atoms with Gasteiger partial charge < -0.3 is 0 Å². The van der Waals surface area contributed by atoms with Gasteiger partial charge in [-0.15, -0.1) is 0 Å². The maximum atomic E-state index is 11.7. The van der Waals surface area contributed by atoms with Gasteiger partial charge in [0, 0.05) is 13.5 Å². The second kappa shape index (κ2) is 5.17. The van der Waals surface area contributed by atoms with E-state index in [9.17, 15) is 13.2 Å². The zero-order valence-corrected chi connectivity index (χ0v) is 11.1. The van der Waals surface area contributed by atoms with Gasteiger partial charge in [-0.2, -0.15) is 0 Å². The fourth-order valence-electron chi connectivity index (χ4n) is 1.55. The molecule has 0 aromatic carbocycles. The first-order valence-corrected chi connectivity index (χ1v) is 7.36. The molecule has 0 bridgehead atoms. The molecule has 0 heterocycles. The van der Waals surface area contributed by atoms with Crippen molar-refractivity contribution in [2.75, 3.05) is 7.05 Å². The number of amides is 1. The molecule has 0 aromatic heterocycles. The zero-order valence-electron chi connectivity index (χ0n) is 10.3. The molecule has 0 spiro atoms. The van der Waals surface area contributed by atoms with Gasteiger partial charge in [-0.3, -0.25) is 4.79 Å². The topological polar surface area (TPSA) is 54.5 Å². The number of rotatable bonds is 6. The summed E-state index contributed by atoms with van der Waals surface area (Å²) in [5.74, 6) is 0.283. The van der Waals surface area contributed by atoms with Gasteiger partial charge in [-0.1, -0.05) is 20.3 Å². The van der Waals surface area contributed by atoms with Crippen LogP contribution >= 0.6 is 0 Å². The molecular weight excluding hydrogens is 226 g/mol. The quantitative estimate of drug-likeness (QED) is 0.718. The molecule has 1 fully saturated rings. The average molecular weight is 247 g/mol. The van der Waals surface area contributed by atoms with Crippen molar-refractivity contribution in [2.24, 2.45) is 5.92 Å². The minimum atomic E-state index is -3.33. The normalized spacial score (nSPS) is 16.5. The molecule has 1 rings (SSSR count). The van der Waals surface area contributed by atoms with Gasteiger partial charge >= 0.3 is 0 Å². The Bertz CT molecular complexity index is 344. The molecule has 0 atom stereocenters. The summed E-state index contributed by atoms with van der Waals surface area (Å²) in [5.41, 5.74) is 0. The molecule has 1 aliphatic rings. The molecule has 0 aliphatic heterocycles. The summed E-state index contributed by atoms with van der Waals surface area (Å²) in [6.45, 7) is 4.18.